The second kappa shape index (κ2) is 14.0. The first-order valence-electron chi connectivity index (χ1n) is 6.72. The van der Waals surface area contributed by atoms with Gasteiger partial charge in [0.1, 0.15) is 0 Å². The van der Waals surface area contributed by atoms with E-state index in [2.05, 4.69) is 20.8 Å². The quantitative estimate of drug-likeness (QED) is 0.363. The minimum Gasteiger partial charge on any atom is -0.287 e. The molecule has 0 aromatic heterocycles. The Labute approximate surface area is 122 Å². The highest BCUT2D eigenvalue weighted by Crippen LogP contribution is 2.49. The van der Waals surface area contributed by atoms with Crippen molar-refractivity contribution < 1.29 is 18.1 Å². The Morgan fingerprint density at radius 1 is 0.722 bits per heavy atom. The fraction of sp³-hybridized carbons (Fsp3) is 1.00. The Bertz CT molecular complexity index is 181. The molecule has 0 heterocycles. The van der Waals surface area contributed by atoms with Gasteiger partial charge in [0.2, 0.25) is 0 Å². The zero-order valence-electron chi connectivity index (χ0n) is 11.9. The van der Waals surface area contributed by atoms with Crippen LogP contribution in [0.2, 0.25) is 0 Å². The summed E-state index contributed by atoms with van der Waals surface area (Å²) in [6.45, 7) is 7.49. The fourth-order valence-electron chi connectivity index (χ4n) is 1.07. The van der Waals surface area contributed by atoms with E-state index in [0.29, 0.717) is 19.8 Å². The molecule has 6 heteroatoms. The third kappa shape index (κ3) is 11.7. The van der Waals surface area contributed by atoms with E-state index in [1.807, 2.05) is 0 Å². The smallest absolute Gasteiger partial charge is 0.287 e. The molecule has 0 amide bonds. The molecule has 0 N–H and O–H groups in total. The molecule has 4 nitrogen and oxygen atoms in total. The largest absolute Gasteiger partial charge is 0.474 e. The summed E-state index contributed by atoms with van der Waals surface area (Å²) in [6.07, 6.45) is 5.63. The first-order chi connectivity index (χ1) is 8.18. The number of rotatable bonds is 12. The van der Waals surface area contributed by atoms with Crippen molar-refractivity contribution in [2.75, 3.05) is 19.8 Å². The highest BCUT2D eigenvalue weighted by Gasteiger charge is 2.25. The summed E-state index contributed by atoms with van der Waals surface area (Å²) in [5, 5.41) is 0. The van der Waals surface area contributed by atoms with Gasteiger partial charge in [-0.25, -0.2) is 4.57 Å². The van der Waals surface area contributed by atoms with Gasteiger partial charge in [-0.15, -0.1) is 17.0 Å². The van der Waals surface area contributed by atoms with Crippen LogP contribution in [0, 0.1) is 0 Å². The first-order valence-corrected chi connectivity index (χ1v) is 8.18. The van der Waals surface area contributed by atoms with Gasteiger partial charge in [0, 0.05) is 0 Å². The Kier molecular flexibility index (Phi) is 16.3. The van der Waals surface area contributed by atoms with E-state index >= 15 is 0 Å². The zero-order valence-corrected chi connectivity index (χ0v) is 14.5. The van der Waals surface area contributed by atoms with Crippen LogP contribution < -0.4 is 0 Å². The van der Waals surface area contributed by atoms with Gasteiger partial charge >= 0.3 is 7.82 Å². The van der Waals surface area contributed by atoms with Gasteiger partial charge in [-0.3, -0.25) is 13.6 Å². The van der Waals surface area contributed by atoms with Gasteiger partial charge in [0.15, 0.2) is 0 Å². The average Bonchev–Trinajstić information content (AvgIpc) is 2.30. The number of hydrogen-bond donors (Lipinski definition) is 0. The molecule has 0 saturated carbocycles. The van der Waals surface area contributed by atoms with Crippen molar-refractivity contribution in [2.24, 2.45) is 0 Å². The van der Waals surface area contributed by atoms with Crippen molar-refractivity contribution in [1.82, 2.24) is 0 Å². The molecule has 0 radical (unpaired) electrons. The summed E-state index contributed by atoms with van der Waals surface area (Å²) in [5.74, 6) is 0. The van der Waals surface area contributed by atoms with Crippen LogP contribution in [0.4, 0.5) is 0 Å². The summed E-state index contributed by atoms with van der Waals surface area (Å²) in [4.78, 5) is 0. The van der Waals surface area contributed by atoms with E-state index in [-0.39, 0.29) is 17.0 Å². The van der Waals surface area contributed by atoms with E-state index in [1.165, 1.54) is 0 Å². The van der Waals surface area contributed by atoms with Crippen molar-refractivity contribution in [3.8, 4) is 0 Å². The Hall–Kier alpha value is 0.590. The van der Waals surface area contributed by atoms with Crippen LogP contribution >= 0.6 is 24.8 Å². The summed E-state index contributed by atoms with van der Waals surface area (Å²) >= 11 is 0. The lowest BCUT2D eigenvalue weighted by Gasteiger charge is -2.17. The van der Waals surface area contributed by atoms with Gasteiger partial charge < -0.3 is 0 Å². The Morgan fingerprint density at radius 3 is 1.22 bits per heavy atom. The van der Waals surface area contributed by atoms with Crippen LogP contribution in [-0.4, -0.2) is 19.8 Å². The maximum atomic E-state index is 12.2. The topological polar surface area (TPSA) is 44.8 Å². The highest BCUT2D eigenvalue weighted by molar-refractivity contribution is 8.93. The maximum Gasteiger partial charge on any atom is 0.474 e. The lowest BCUT2D eigenvalue weighted by molar-refractivity contribution is 0.110. The monoisotopic (exact) mass is 346 g/mol. The van der Waals surface area contributed by atoms with E-state index in [1.54, 1.807) is 0 Å². The summed E-state index contributed by atoms with van der Waals surface area (Å²) in [6, 6.07) is 0. The van der Waals surface area contributed by atoms with Crippen LogP contribution in [-0.2, 0) is 18.1 Å². The molecule has 0 unspecified atom stereocenters. The van der Waals surface area contributed by atoms with Gasteiger partial charge in [-0.2, -0.15) is 0 Å². The minimum absolute atomic E-state index is 0. The van der Waals surface area contributed by atoms with E-state index < -0.39 is 7.82 Å². The second-order valence-electron chi connectivity index (χ2n) is 4.01. The summed E-state index contributed by atoms with van der Waals surface area (Å²) in [7, 11) is -3.31. The molecule has 0 aliphatic rings. The molecule has 0 bridgehead atoms. The molecular formula is C12H28BrO4P. The molecule has 0 saturated heterocycles. The van der Waals surface area contributed by atoms with Crippen molar-refractivity contribution in [2.45, 2.75) is 59.3 Å². The number of phosphoric acid groups is 1. The van der Waals surface area contributed by atoms with Crippen LogP contribution in [0.15, 0.2) is 0 Å². The molecule has 18 heavy (non-hydrogen) atoms. The fourth-order valence-corrected chi connectivity index (χ4v) is 2.36. The lowest BCUT2D eigenvalue weighted by atomic mass is 10.4. The summed E-state index contributed by atoms with van der Waals surface area (Å²) < 4.78 is 28.0. The predicted octanol–water partition coefficient (Wildman–Crippen LogP) is 5.12. The molecule has 0 fully saturated rings. The van der Waals surface area contributed by atoms with Crippen LogP contribution in [0.3, 0.4) is 0 Å². The summed E-state index contributed by atoms with van der Waals surface area (Å²) in [5.41, 5.74) is 0. The molecule has 0 aromatic carbocycles. The van der Waals surface area contributed by atoms with E-state index in [0.717, 1.165) is 38.5 Å². The standard InChI is InChI=1S/C12H27O4P.BrH/c1-4-7-10-14-17(13,15-11-8-5-2)16-12-9-6-3;/h4-12H2,1-3H3;1H. The van der Waals surface area contributed by atoms with Crippen molar-refractivity contribution in [3.63, 3.8) is 0 Å². The first kappa shape index (κ1) is 20.9. The van der Waals surface area contributed by atoms with E-state index in [4.69, 9.17) is 13.6 Å². The molecule has 0 atom stereocenters. The van der Waals surface area contributed by atoms with Crippen LogP contribution in [0.5, 0.6) is 0 Å². The third-order valence-electron chi connectivity index (χ3n) is 2.24. The minimum atomic E-state index is -3.31. The van der Waals surface area contributed by atoms with Crippen LogP contribution in [0.25, 0.3) is 0 Å². The van der Waals surface area contributed by atoms with E-state index in [9.17, 15) is 4.57 Å². The Morgan fingerprint density at radius 2 is 1.00 bits per heavy atom. The van der Waals surface area contributed by atoms with Gasteiger partial charge in [-0.1, -0.05) is 40.0 Å². The number of unbranched alkanes of at least 4 members (excludes halogenated alkanes) is 3. The van der Waals surface area contributed by atoms with Crippen LogP contribution in [0.1, 0.15) is 59.3 Å². The second-order valence-corrected chi connectivity index (χ2v) is 5.68. The molecule has 0 aliphatic heterocycles. The molecule has 0 aliphatic carbocycles. The number of halogens is 1. The number of hydrogen-bond acceptors (Lipinski definition) is 4. The number of phosphoric ester groups is 1. The average molecular weight is 347 g/mol. The molecule has 0 rings (SSSR count). The van der Waals surface area contributed by atoms with Gasteiger partial charge in [0.05, 0.1) is 19.8 Å². The predicted molar refractivity (Wildman–Crippen MR) is 80.5 cm³/mol. The molecule has 0 spiro atoms. The lowest BCUT2D eigenvalue weighted by Crippen LogP contribution is -2.03. The molecular weight excluding hydrogens is 319 g/mol. The van der Waals surface area contributed by atoms with Crippen molar-refractivity contribution in [3.05, 3.63) is 0 Å². The SMILES string of the molecule is Br.CCCCOP(=O)(OCCCC)OCCCC. The van der Waals surface area contributed by atoms with Gasteiger partial charge in [0.25, 0.3) is 0 Å². The zero-order chi connectivity index (χ0) is 13.0. The van der Waals surface area contributed by atoms with Gasteiger partial charge in [-0.05, 0) is 19.3 Å². The maximum absolute atomic E-state index is 12.2. The van der Waals surface area contributed by atoms with Crippen molar-refractivity contribution >= 4 is 24.8 Å². The highest BCUT2D eigenvalue weighted by atomic mass is 79.9. The molecule has 0 aromatic rings. The van der Waals surface area contributed by atoms with Crippen molar-refractivity contribution in [1.29, 1.82) is 0 Å². The normalized spacial score (nSPS) is 11.3. The third-order valence-corrected chi connectivity index (χ3v) is 3.74. The Balaban J connectivity index is 0. The molecule has 112 valence electrons.